The van der Waals surface area contributed by atoms with Gasteiger partial charge in [-0.3, -0.25) is 4.79 Å². The Morgan fingerprint density at radius 3 is 2.31 bits per heavy atom. The number of anilines is 2. The molecule has 4 rings (SSSR count). The van der Waals surface area contributed by atoms with Crippen LogP contribution in [0, 0.1) is 0 Å². The lowest BCUT2D eigenvalue weighted by Gasteiger charge is -2.14. The molecule has 0 aliphatic carbocycles. The molecule has 0 fully saturated rings. The van der Waals surface area contributed by atoms with E-state index in [4.69, 9.17) is 11.5 Å². The van der Waals surface area contributed by atoms with Gasteiger partial charge < -0.3 is 16.8 Å². The third kappa shape index (κ3) is 4.97. The SMILES string of the molecule is NC(=O)C(N)c1cc(C(F)(F)F)c(-c2cnc3c(Nc4ccc(C(F)(F)F)cn4)ccnc3n2)nn1. The number of aromatic nitrogens is 6. The van der Waals surface area contributed by atoms with Gasteiger partial charge in [0.2, 0.25) is 5.91 Å². The molecule has 1 unspecified atom stereocenters. The first kappa shape index (κ1) is 24.6. The number of halogens is 6. The second-order valence-corrected chi connectivity index (χ2v) is 7.25. The van der Waals surface area contributed by atoms with Gasteiger partial charge in [-0.25, -0.2) is 19.9 Å². The van der Waals surface area contributed by atoms with E-state index in [-0.39, 0.29) is 28.4 Å². The molecule has 0 saturated heterocycles. The normalized spacial score (nSPS) is 13.0. The van der Waals surface area contributed by atoms with Crippen molar-refractivity contribution in [2.75, 3.05) is 5.32 Å². The van der Waals surface area contributed by atoms with Crippen LogP contribution in [0.2, 0.25) is 0 Å². The minimum Gasteiger partial charge on any atom is -0.368 e. The Kier molecular flexibility index (Phi) is 6.13. The Balaban J connectivity index is 1.72. The monoisotopic (exact) mass is 509 g/mol. The molecule has 4 heterocycles. The van der Waals surface area contributed by atoms with E-state index in [0.29, 0.717) is 12.3 Å². The van der Waals surface area contributed by atoms with Gasteiger partial charge in [-0.2, -0.15) is 31.4 Å². The van der Waals surface area contributed by atoms with Gasteiger partial charge in [0.05, 0.1) is 28.7 Å². The van der Waals surface area contributed by atoms with E-state index in [2.05, 4.69) is 35.5 Å². The third-order valence-corrected chi connectivity index (χ3v) is 4.79. The average molecular weight is 509 g/mol. The van der Waals surface area contributed by atoms with Gasteiger partial charge in [0.1, 0.15) is 28.8 Å². The highest BCUT2D eigenvalue weighted by Gasteiger charge is 2.37. The van der Waals surface area contributed by atoms with Crippen LogP contribution < -0.4 is 16.8 Å². The first-order chi connectivity index (χ1) is 16.8. The van der Waals surface area contributed by atoms with Gasteiger partial charge in [0.15, 0.2) is 5.65 Å². The van der Waals surface area contributed by atoms with Gasteiger partial charge in [-0.05, 0) is 24.3 Å². The number of amides is 1. The van der Waals surface area contributed by atoms with Gasteiger partial charge in [-0.15, -0.1) is 5.10 Å². The highest BCUT2D eigenvalue weighted by molar-refractivity contribution is 5.87. The molecule has 36 heavy (non-hydrogen) atoms. The molecule has 0 saturated carbocycles. The molecule has 0 spiro atoms. The lowest BCUT2D eigenvalue weighted by Crippen LogP contribution is -2.29. The maximum absolute atomic E-state index is 13.7. The number of alkyl halides is 6. The van der Waals surface area contributed by atoms with Crippen LogP contribution in [0.1, 0.15) is 22.9 Å². The summed E-state index contributed by atoms with van der Waals surface area (Å²) in [6.07, 6.45) is -6.58. The summed E-state index contributed by atoms with van der Waals surface area (Å²) in [5.74, 6) is -1.05. The fraction of sp³-hybridized carbons (Fsp3) is 0.150. The van der Waals surface area contributed by atoms with E-state index in [1.165, 1.54) is 12.3 Å². The summed E-state index contributed by atoms with van der Waals surface area (Å²) in [5, 5.41) is 9.87. The zero-order valence-electron chi connectivity index (χ0n) is 17.6. The van der Waals surface area contributed by atoms with E-state index in [1.807, 2.05) is 0 Å². The molecule has 4 aromatic rings. The van der Waals surface area contributed by atoms with Crippen LogP contribution in [-0.2, 0) is 17.1 Å². The molecule has 0 aliphatic heterocycles. The average Bonchev–Trinajstić information content (AvgIpc) is 2.82. The van der Waals surface area contributed by atoms with Gasteiger partial charge >= 0.3 is 12.4 Å². The lowest BCUT2D eigenvalue weighted by molar-refractivity contribution is -0.138. The largest absolute Gasteiger partial charge is 0.418 e. The zero-order chi connectivity index (χ0) is 26.3. The summed E-state index contributed by atoms with van der Waals surface area (Å²) in [6.45, 7) is 0. The number of primary amides is 1. The maximum atomic E-state index is 13.7. The summed E-state index contributed by atoms with van der Waals surface area (Å²) in [4.78, 5) is 27.1. The number of carbonyl (C=O) groups is 1. The van der Waals surface area contributed by atoms with Crippen LogP contribution in [0.15, 0.2) is 42.9 Å². The number of nitrogens with two attached hydrogens (primary N) is 2. The minimum absolute atomic E-state index is 0.0491. The maximum Gasteiger partial charge on any atom is 0.418 e. The summed E-state index contributed by atoms with van der Waals surface area (Å²) in [5.41, 5.74) is 7.00. The van der Waals surface area contributed by atoms with Crippen molar-refractivity contribution in [1.29, 1.82) is 0 Å². The van der Waals surface area contributed by atoms with Crippen molar-refractivity contribution < 1.29 is 31.1 Å². The number of hydrogen-bond donors (Lipinski definition) is 3. The van der Waals surface area contributed by atoms with E-state index < -0.39 is 46.8 Å². The second-order valence-electron chi connectivity index (χ2n) is 7.25. The fourth-order valence-electron chi connectivity index (χ4n) is 3.02. The Bertz CT molecular complexity index is 1440. The molecule has 0 aromatic carbocycles. The molecule has 4 aromatic heterocycles. The first-order valence-corrected chi connectivity index (χ1v) is 9.76. The van der Waals surface area contributed by atoms with Crippen LogP contribution >= 0.6 is 0 Å². The Morgan fingerprint density at radius 2 is 1.69 bits per heavy atom. The van der Waals surface area contributed by atoms with Crippen molar-refractivity contribution >= 4 is 28.6 Å². The predicted octanol–water partition coefficient (Wildman–Crippen LogP) is 3.14. The number of pyridine rings is 2. The first-order valence-electron chi connectivity index (χ1n) is 9.76. The van der Waals surface area contributed by atoms with Crippen LogP contribution in [-0.4, -0.2) is 36.0 Å². The molecular weight excluding hydrogens is 496 g/mol. The van der Waals surface area contributed by atoms with Gasteiger partial charge in [0.25, 0.3) is 0 Å². The summed E-state index contributed by atoms with van der Waals surface area (Å²) >= 11 is 0. The fourth-order valence-corrected chi connectivity index (χ4v) is 3.02. The van der Waals surface area contributed by atoms with Crippen LogP contribution in [0.5, 0.6) is 0 Å². The Hall–Kier alpha value is -4.47. The third-order valence-electron chi connectivity index (χ3n) is 4.79. The molecule has 0 radical (unpaired) electrons. The molecule has 1 amide bonds. The topological polar surface area (TPSA) is 158 Å². The van der Waals surface area contributed by atoms with Crippen molar-refractivity contribution in [3.63, 3.8) is 0 Å². The molecule has 10 nitrogen and oxygen atoms in total. The lowest BCUT2D eigenvalue weighted by atomic mass is 10.1. The van der Waals surface area contributed by atoms with Crippen molar-refractivity contribution in [3.05, 3.63) is 59.7 Å². The number of rotatable bonds is 5. The Morgan fingerprint density at radius 1 is 0.944 bits per heavy atom. The summed E-state index contributed by atoms with van der Waals surface area (Å²) < 4.78 is 79.4. The van der Waals surface area contributed by atoms with Crippen molar-refractivity contribution in [2.24, 2.45) is 11.5 Å². The van der Waals surface area contributed by atoms with Gasteiger partial charge in [-0.1, -0.05) is 0 Å². The van der Waals surface area contributed by atoms with Gasteiger partial charge in [0, 0.05) is 12.4 Å². The van der Waals surface area contributed by atoms with Crippen LogP contribution in [0.3, 0.4) is 0 Å². The molecule has 16 heteroatoms. The molecular formula is C20H13F6N9O. The number of fused-ring (bicyclic) bond motifs is 1. The highest BCUT2D eigenvalue weighted by Crippen LogP contribution is 2.36. The van der Waals surface area contributed by atoms with E-state index in [1.54, 1.807) is 0 Å². The molecule has 1 atom stereocenters. The minimum atomic E-state index is -4.92. The van der Waals surface area contributed by atoms with Crippen molar-refractivity contribution in [1.82, 2.24) is 30.1 Å². The zero-order valence-corrected chi connectivity index (χ0v) is 17.6. The van der Waals surface area contributed by atoms with Crippen LogP contribution in [0.25, 0.3) is 22.6 Å². The quantitative estimate of drug-likeness (QED) is 0.344. The van der Waals surface area contributed by atoms with E-state index in [9.17, 15) is 31.1 Å². The standard InChI is InChI=1S/C20H13F6N9O/c21-19(22,23)8-1-2-13(30-6-8)32-10-3-4-29-18-16(10)31-7-12(33-18)15-9(20(24,25)26)5-11(34-35-15)14(27)17(28)36/h1-7,14H,27H2,(H2,28,36)(H,29,30,32,33). The molecule has 0 bridgehead atoms. The highest BCUT2D eigenvalue weighted by atomic mass is 19.4. The molecule has 0 aliphatic rings. The van der Waals surface area contributed by atoms with E-state index in [0.717, 1.165) is 18.3 Å². The second kappa shape index (κ2) is 8.95. The van der Waals surface area contributed by atoms with Crippen LogP contribution in [0.4, 0.5) is 37.8 Å². The summed E-state index contributed by atoms with van der Waals surface area (Å²) in [7, 11) is 0. The Labute approximate surface area is 196 Å². The van der Waals surface area contributed by atoms with E-state index >= 15 is 0 Å². The number of nitrogens with zero attached hydrogens (tertiary/aromatic N) is 6. The summed E-state index contributed by atoms with van der Waals surface area (Å²) in [6, 6.07) is 2.29. The number of carbonyl (C=O) groups excluding carboxylic acids is 1. The number of nitrogens with one attached hydrogen (secondary N) is 1. The molecule has 5 N–H and O–H groups in total. The van der Waals surface area contributed by atoms with Crippen molar-refractivity contribution in [3.8, 4) is 11.4 Å². The smallest absolute Gasteiger partial charge is 0.368 e. The van der Waals surface area contributed by atoms with Crippen molar-refractivity contribution in [2.45, 2.75) is 18.4 Å². The molecule has 186 valence electrons. The predicted molar refractivity (Wildman–Crippen MR) is 112 cm³/mol. The number of hydrogen-bond acceptors (Lipinski definition) is 9.